The lowest BCUT2D eigenvalue weighted by molar-refractivity contribution is -0.189. The predicted octanol–water partition coefficient (Wildman–Crippen LogP) is 3.75. The summed E-state index contributed by atoms with van der Waals surface area (Å²) in [6.45, 7) is 0. The van der Waals surface area contributed by atoms with Crippen LogP contribution in [0.25, 0.3) is 11.0 Å². The lowest BCUT2D eigenvalue weighted by Gasteiger charge is -2.18. The molecular formula is C12H8BrF4N3O. The van der Waals surface area contributed by atoms with Crippen molar-refractivity contribution in [3.63, 3.8) is 0 Å². The maximum Gasteiger partial charge on any atom is 0.403 e. The number of carbonyl (C=O) groups excluding carboxylic acids is 1. The van der Waals surface area contributed by atoms with Gasteiger partial charge in [0.05, 0.1) is 15.5 Å². The van der Waals surface area contributed by atoms with E-state index < -0.39 is 23.3 Å². The van der Waals surface area contributed by atoms with Crippen LogP contribution < -0.4 is 5.32 Å². The molecule has 0 spiro atoms. The van der Waals surface area contributed by atoms with Gasteiger partial charge >= 0.3 is 6.18 Å². The number of hydrogen-bond acceptors (Lipinski definition) is 2. The second-order valence-electron chi connectivity index (χ2n) is 4.88. The zero-order valence-corrected chi connectivity index (χ0v) is 11.9. The van der Waals surface area contributed by atoms with E-state index in [4.69, 9.17) is 0 Å². The van der Waals surface area contributed by atoms with Gasteiger partial charge in [-0.3, -0.25) is 4.79 Å². The highest BCUT2D eigenvalue weighted by Gasteiger charge is 2.68. The van der Waals surface area contributed by atoms with Crippen LogP contribution in [0.2, 0.25) is 0 Å². The number of amides is 1. The van der Waals surface area contributed by atoms with E-state index >= 15 is 0 Å². The lowest BCUT2D eigenvalue weighted by Crippen LogP contribution is -2.36. The summed E-state index contributed by atoms with van der Waals surface area (Å²) in [5.41, 5.74) is -2.27. The molecule has 1 amide bonds. The molecule has 112 valence electrons. The van der Waals surface area contributed by atoms with Gasteiger partial charge in [0.25, 0.3) is 0 Å². The van der Waals surface area contributed by atoms with Gasteiger partial charge in [-0.15, -0.1) is 0 Å². The predicted molar refractivity (Wildman–Crippen MR) is 70.1 cm³/mol. The number of halogens is 5. The lowest BCUT2D eigenvalue weighted by atomic mass is 10.1. The number of hydrogen-bond donors (Lipinski definition) is 2. The molecule has 9 heteroatoms. The topological polar surface area (TPSA) is 57.8 Å². The molecule has 21 heavy (non-hydrogen) atoms. The number of anilines is 1. The SMILES string of the molecule is O=C(Nc1c[nH]c2ncc(Br)c(F)c12)C1(C(F)(F)F)CC1. The fourth-order valence-electron chi connectivity index (χ4n) is 2.14. The van der Waals surface area contributed by atoms with E-state index in [9.17, 15) is 22.4 Å². The van der Waals surface area contributed by atoms with Gasteiger partial charge in [0, 0.05) is 12.4 Å². The Morgan fingerprint density at radius 2 is 2.10 bits per heavy atom. The standard InChI is InChI=1S/C12H8BrF4N3O/c13-5-3-18-9-7(8(5)14)6(4-19-9)20-10(21)11(1-2-11)12(15,16)17/h3-4H,1-2H2,(H,18,19)(H,20,21). The number of nitrogens with one attached hydrogen (secondary N) is 2. The highest BCUT2D eigenvalue weighted by atomic mass is 79.9. The van der Waals surface area contributed by atoms with Gasteiger partial charge in [0.2, 0.25) is 5.91 Å². The third-order valence-electron chi connectivity index (χ3n) is 3.57. The summed E-state index contributed by atoms with van der Waals surface area (Å²) in [4.78, 5) is 18.4. The number of alkyl halides is 3. The van der Waals surface area contributed by atoms with Crippen LogP contribution in [0.3, 0.4) is 0 Å². The molecule has 0 bridgehead atoms. The Kier molecular flexibility index (Phi) is 3.01. The van der Waals surface area contributed by atoms with Gasteiger partial charge < -0.3 is 10.3 Å². The third kappa shape index (κ3) is 2.10. The van der Waals surface area contributed by atoms with E-state index in [-0.39, 0.29) is 34.0 Å². The highest BCUT2D eigenvalue weighted by molar-refractivity contribution is 9.10. The van der Waals surface area contributed by atoms with Crippen LogP contribution in [0.5, 0.6) is 0 Å². The molecule has 0 unspecified atom stereocenters. The van der Waals surface area contributed by atoms with Crippen LogP contribution >= 0.6 is 15.9 Å². The average Bonchev–Trinajstić information content (AvgIpc) is 3.12. The van der Waals surface area contributed by atoms with E-state index in [0.717, 1.165) is 0 Å². The average molecular weight is 366 g/mol. The van der Waals surface area contributed by atoms with Crippen molar-refractivity contribution in [1.82, 2.24) is 9.97 Å². The summed E-state index contributed by atoms with van der Waals surface area (Å²) in [5.74, 6) is -1.87. The van der Waals surface area contributed by atoms with Gasteiger partial charge in [-0.05, 0) is 28.8 Å². The van der Waals surface area contributed by atoms with Crippen molar-refractivity contribution >= 4 is 38.6 Å². The number of aromatic nitrogens is 2. The van der Waals surface area contributed by atoms with E-state index in [1.54, 1.807) is 0 Å². The van der Waals surface area contributed by atoms with Gasteiger partial charge in [0.15, 0.2) is 5.82 Å². The van der Waals surface area contributed by atoms with E-state index in [1.165, 1.54) is 12.4 Å². The molecule has 1 saturated carbocycles. The molecule has 1 aliphatic rings. The molecule has 0 radical (unpaired) electrons. The van der Waals surface area contributed by atoms with Crippen LogP contribution in [-0.4, -0.2) is 22.1 Å². The Labute approximate surface area is 124 Å². The molecule has 0 aromatic carbocycles. The molecule has 0 aliphatic heterocycles. The van der Waals surface area contributed by atoms with Crippen LogP contribution in [-0.2, 0) is 4.79 Å². The summed E-state index contributed by atoms with van der Waals surface area (Å²) in [6, 6.07) is 0. The van der Waals surface area contributed by atoms with Crippen LogP contribution in [0.1, 0.15) is 12.8 Å². The van der Waals surface area contributed by atoms with Crippen molar-refractivity contribution in [3.05, 3.63) is 22.7 Å². The Bertz CT molecular complexity index is 736. The summed E-state index contributed by atoms with van der Waals surface area (Å²) in [6.07, 6.45) is -2.68. The van der Waals surface area contributed by atoms with E-state index in [1.807, 2.05) is 0 Å². The Hall–Kier alpha value is -1.64. The van der Waals surface area contributed by atoms with E-state index in [2.05, 4.69) is 31.2 Å². The molecule has 2 heterocycles. The zero-order valence-electron chi connectivity index (χ0n) is 10.3. The number of H-pyrrole nitrogens is 1. The molecule has 2 aromatic rings. The first kappa shape index (κ1) is 14.3. The number of rotatable bonds is 2. The number of carbonyl (C=O) groups is 1. The molecule has 0 atom stereocenters. The van der Waals surface area contributed by atoms with E-state index in [0.29, 0.717) is 0 Å². The minimum absolute atomic E-state index is 0.0575. The monoisotopic (exact) mass is 365 g/mol. The molecule has 2 aromatic heterocycles. The van der Waals surface area contributed by atoms with Crippen molar-refractivity contribution in [1.29, 1.82) is 0 Å². The maximum atomic E-state index is 14.0. The first-order chi connectivity index (χ1) is 9.76. The summed E-state index contributed by atoms with van der Waals surface area (Å²) < 4.78 is 52.7. The van der Waals surface area contributed by atoms with Crippen molar-refractivity contribution < 1.29 is 22.4 Å². The molecule has 1 aliphatic carbocycles. The summed E-state index contributed by atoms with van der Waals surface area (Å²) >= 11 is 2.94. The first-order valence-electron chi connectivity index (χ1n) is 5.95. The van der Waals surface area contributed by atoms with Gasteiger partial charge in [-0.1, -0.05) is 0 Å². The van der Waals surface area contributed by atoms with Crippen LogP contribution in [0.4, 0.5) is 23.2 Å². The molecule has 3 rings (SSSR count). The fourth-order valence-corrected chi connectivity index (χ4v) is 2.44. The Morgan fingerprint density at radius 3 is 2.67 bits per heavy atom. The second-order valence-corrected chi connectivity index (χ2v) is 5.73. The number of nitrogens with zero attached hydrogens (tertiary/aromatic N) is 1. The molecule has 1 fully saturated rings. The van der Waals surface area contributed by atoms with Crippen molar-refractivity contribution in [2.75, 3.05) is 5.32 Å². The normalized spacial score (nSPS) is 17.0. The minimum Gasteiger partial charge on any atom is -0.344 e. The van der Waals surface area contributed by atoms with Crippen molar-refractivity contribution in [3.8, 4) is 0 Å². The van der Waals surface area contributed by atoms with Crippen LogP contribution in [0, 0.1) is 11.2 Å². The minimum atomic E-state index is -4.61. The Balaban J connectivity index is 1.97. The fraction of sp³-hybridized carbons (Fsp3) is 0.333. The highest BCUT2D eigenvalue weighted by Crippen LogP contribution is 2.58. The smallest absolute Gasteiger partial charge is 0.344 e. The third-order valence-corrected chi connectivity index (χ3v) is 4.12. The molecule has 0 saturated heterocycles. The number of aromatic amines is 1. The Morgan fingerprint density at radius 1 is 1.43 bits per heavy atom. The first-order valence-corrected chi connectivity index (χ1v) is 6.75. The largest absolute Gasteiger partial charge is 0.403 e. The molecule has 4 nitrogen and oxygen atoms in total. The zero-order chi connectivity index (χ0) is 15.4. The van der Waals surface area contributed by atoms with Crippen molar-refractivity contribution in [2.24, 2.45) is 5.41 Å². The van der Waals surface area contributed by atoms with Gasteiger partial charge in [-0.25, -0.2) is 9.37 Å². The molecule has 2 N–H and O–H groups in total. The maximum absolute atomic E-state index is 14.0. The van der Waals surface area contributed by atoms with Gasteiger partial charge in [0.1, 0.15) is 11.1 Å². The van der Waals surface area contributed by atoms with Gasteiger partial charge in [-0.2, -0.15) is 13.2 Å². The second kappa shape index (κ2) is 4.43. The summed E-state index contributed by atoms with van der Waals surface area (Å²) in [7, 11) is 0. The van der Waals surface area contributed by atoms with Crippen molar-refractivity contribution in [2.45, 2.75) is 19.0 Å². The quantitative estimate of drug-likeness (QED) is 0.796. The summed E-state index contributed by atoms with van der Waals surface area (Å²) in [5, 5.41) is 2.09. The van der Waals surface area contributed by atoms with Crippen LogP contribution in [0.15, 0.2) is 16.9 Å². The number of pyridine rings is 1. The number of fused-ring (bicyclic) bond motifs is 1. The molecular weight excluding hydrogens is 358 g/mol.